The molecular formula is C15H13Cl3N2O. The first-order valence-corrected chi connectivity index (χ1v) is 7.26. The molecule has 1 amide bonds. The summed E-state index contributed by atoms with van der Waals surface area (Å²) in [6, 6.07) is 10.3. The van der Waals surface area contributed by atoms with Gasteiger partial charge in [0.1, 0.15) is 0 Å². The van der Waals surface area contributed by atoms with E-state index in [4.69, 9.17) is 40.5 Å². The number of nitrogen functional groups attached to an aromatic ring is 1. The number of nitrogens with zero attached hydrogens (tertiary/aromatic N) is 1. The first-order valence-electron chi connectivity index (χ1n) is 6.13. The van der Waals surface area contributed by atoms with Crippen LogP contribution in [0.1, 0.15) is 15.9 Å². The Morgan fingerprint density at radius 2 is 1.76 bits per heavy atom. The molecule has 3 nitrogen and oxygen atoms in total. The van der Waals surface area contributed by atoms with Gasteiger partial charge in [-0.2, -0.15) is 0 Å². The van der Waals surface area contributed by atoms with E-state index in [-0.39, 0.29) is 21.6 Å². The fourth-order valence-electron chi connectivity index (χ4n) is 1.89. The van der Waals surface area contributed by atoms with Crippen LogP contribution >= 0.6 is 34.8 Å². The highest BCUT2D eigenvalue weighted by molar-refractivity contribution is 6.43. The standard InChI is InChI=1S/C15H13Cl3N2O/c1-20(8-9-2-4-11(16)5-3-9)15(21)10-6-12(17)14(18)13(19)7-10/h2-7H,8,19H2,1H3. The largest absolute Gasteiger partial charge is 0.397 e. The summed E-state index contributed by atoms with van der Waals surface area (Å²) in [7, 11) is 1.70. The van der Waals surface area contributed by atoms with E-state index in [0.29, 0.717) is 17.1 Å². The van der Waals surface area contributed by atoms with Crippen molar-refractivity contribution in [3.05, 3.63) is 62.6 Å². The van der Waals surface area contributed by atoms with Crippen LogP contribution in [0.15, 0.2) is 36.4 Å². The van der Waals surface area contributed by atoms with Crippen molar-refractivity contribution < 1.29 is 4.79 Å². The van der Waals surface area contributed by atoms with Crippen molar-refractivity contribution in [3.8, 4) is 0 Å². The lowest BCUT2D eigenvalue weighted by Crippen LogP contribution is -2.26. The van der Waals surface area contributed by atoms with Gasteiger partial charge in [-0.25, -0.2) is 0 Å². The SMILES string of the molecule is CN(Cc1ccc(Cl)cc1)C(=O)c1cc(N)c(Cl)c(Cl)c1. The lowest BCUT2D eigenvalue weighted by molar-refractivity contribution is 0.0785. The van der Waals surface area contributed by atoms with Crippen LogP contribution in [0.4, 0.5) is 5.69 Å². The molecule has 0 bridgehead atoms. The lowest BCUT2D eigenvalue weighted by Gasteiger charge is -2.18. The molecule has 2 N–H and O–H groups in total. The number of benzene rings is 2. The molecule has 2 aromatic rings. The van der Waals surface area contributed by atoms with E-state index in [2.05, 4.69) is 0 Å². The first-order chi connectivity index (χ1) is 9.88. The van der Waals surface area contributed by atoms with Gasteiger partial charge in [-0.1, -0.05) is 46.9 Å². The normalized spacial score (nSPS) is 10.5. The van der Waals surface area contributed by atoms with Gasteiger partial charge >= 0.3 is 0 Å². The molecule has 0 saturated heterocycles. The number of carbonyl (C=O) groups is 1. The average Bonchev–Trinajstić information content (AvgIpc) is 2.45. The number of hydrogen-bond acceptors (Lipinski definition) is 2. The van der Waals surface area contributed by atoms with E-state index in [0.717, 1.165) is 5.56 Å². The molecule has 0 aliphatic heterocycles. The minimum absolute atomic E-state index is 0.185. The van der Waals surface area contributed by atoms with Crippen molar-refractivity contribution in [2.45, 2.75) is 6.54 Å². The number of halogens is 3. The van der Waals surface area contributed by atoms with Gasteiger partial charge in [-0.05, 0) is 29.8 Å². The van der Waals surface area contributed by atoms with Crippen molar-refractivity contribution in [2.24, 2.45) is 0 Å². The zero-order chi connectivity index (χ0) is 15.6. The molecule has 0 saturated carbocycles. The average molecular weight is 344 g/mol. The van der Waals surface area contributed by atoms with Gasteiger partial charge in [0.15, 0.2) is 0 Å². The summed E-state index contributed by atoms with van der Waals surface area (Å²) in [5, 5.41) is 1.18. The fraction of sp³-hybridized carbons (Fsp3) is 0.133. The molecule has 0 unspecified atom stereocenters. The summed E-state index contributed by atoms with van der Waals surface area (Å²) < 4.78 is 0. The predicted molar refractivity (Wildman–Crippen MR) is 88.1 cm³/mol. The molecule has 0 spiro atoms. The third-order valence-electron chi connectivity index (χ3n) is 2.98. The monoisotopic (exact) mass is 342 g/mol. The molecule has 0 aliphatic carbocycles. The summed E-state index contributed by atoms with van der Waals surface area (Å²) in [5.74, 6) is -0.185. The van der Waals surface area contributed by atoms with Gasteiger partial charge in [0.25, 0.3) is 5.91 Å². The fourth-order valence-corrected chi connectivity index (χ4v) is 2.35. The second-order valence-electron chi connectivity index (χ2n) is 4.65. The Morgan fingerprint density at radius 3 is 2.33 bits per heavy atom. The molecule has 0 radical (unpaired) electrons. The van der Waals surface area contributed by atoms with Crippen LogP contribution in [0, 0.1) is 0 Å². The molecule has 0 heterocycles. The first kappa shape index (κ1) is 16.0. The molecule has 2 rings (SSSR count). The van der Waals surface area contributed by atoms with Crippen molar-refractivity contribution in [2.75, 3.05) is 12.8 Å². The number of hydrogen-bond donors (Lipinski definition) is 1. The van der Waals surface area contributed by atoms with Gasteiger partial charge in [-0.3, -0.25) is 4.79 Å². The summed E-state index contributed by atoms with van der Waals surface area (Å²) in [6.07, 6.45) is 0. The van der Waals surface area contributed by atoms with Crippen LogP contribution in [0.5, 0.6) is 0 Å². The summed E-state index contributed by atoms with van der Waals surface area (Å²) in [4.78, 5) is 13.9. The zero-order valence-corrected chi connectivity index (χ0v) is 13.5. The third kappa shape index (κ3) is 3.82. The number of rotatable bonds is 3. The Hall–Kier alpha value is -1.42. The van der Waals surface area contributed by atoms with E-state index in [1.165, 1.54) is 12.1 Å². The van der Waals surface area contributed by atoms with Crippen LogP contribution in [0.25, 0.3) is 0 Å². The van der Waals surface area contributed by atoms with Gasteiger partial charge < -0.3 is 10.6 Å². The molecule has 0 aliphatic rings. The zero-order valence-electron chi connectivity index (χ0n) is 11.2. The van der Waals surface area contributed by atoms with Crippen molar-refractivity contribution in [3.63, 3.8) is 0 Å². The molecule has 0 aromatic heterocycles. The van der Waals surface area contributed by atoms with E-state index < -0.39 is 0 Å². The molecule has 110 valence electrons. The maximum Gasteiger partial charge on any atom is 0.254 e. The third-order valence-corrected chi connectivity index (χ3v) is 4.05. The Bertz CT molecular complexity index is 648. The quantitative estimate of drug-likeness (QED) is 0.834. The topological polar surface area (TPSA) is 46.3 Å². The Labute approximate surface area is 138 Å². The van der Waals surface area contributed by atoms with Gasteiger partial charge in [-0.15, -0.1) is 0 Å². The molecule has 21 heavy (non-hydrogen) atoms. The lowest BCUT2D eigenvalue weighted by atomic mass is 10.1. The van der Waals surface area contributed by atoms with E-state index >= 15 is 0 Å². The van der Waals surface area contributed by atoms with E-state index in [9.17, 15) is 4.79 Å². The van der Waals surface area contributed by atoms with Crippen LogP contribution in [-0.4, -0.2) is 17.9 Å². The Balaban J connectivity index is 2.17. The van der Waals surface area contributed by atoms with Crippen LogP contribution in [0.3, 0.4) is 0 Å². The summed E-state index contributed by atoms with van der Waals surface area (Å²) in [5.41, 5.74) is 7.39. The molecule has 0 fully saturated rings. The van der Waals surface area contributed by atoms with E-state index in [1.54, 1.807) is 24.1 Å². The maximum atomic E-state index is 12.4. The van der Waals surface area contributed by atoms with Gasteiger partial charge in [0.05, 0.1) is 15.7 Å². The number of anilines is 1. The minimum atomic E-state index is -0.185. The summed E-state index contributed by atoms with van der Waals surface area (Å²) in [6.45, 7) is 0.455. The maximum absolute atomic E-state index is 12.4. The van der Waals surface area contributed by atoms with Crippen molar-refractivity contribution in [1.82, 2.24) is 4.90 Å². The highest BCUT2D eigenvalue weighted by Crippen LogP contribution is 2.29. The van der Waals surface area contributed by atoms with Gasteiger partial charge in [0, 0.05) is 24.2 Å². The van der Waals surface area contributed by atoms with E-state index in [1.807, 2.05) is 12.1 Å². The Morgan fingerprint density at radius 1 is 1.14 bits per heavy atom. The number of carbonyl (C=O) groups excluding carboxylic acids is 1. The highest BCUT2D eigenvalue weighted by atomic mass is 35.5. The predicted octanol–water partition coefficient (Wildman–Crippen LogP) is 4.50. The molecular weight excluding hydrogens is 331 g/mol. The Kier molecular flexibility index (Phi) is 4.99. The van der Waals surface area contributed by atoms with Crippen LogP contribution in [-0.2, 0) is 6.54 Å². The second kappa shape index (κ2) is 6.56. The number of amides is 1. The minimum Gasteiger partial charge on any atom is -0.397 e. The smallest absolute Gasteiger partial charge is 0.254 e. The van der Waals surface area contributed by atoms with Crippen LogP contribution in [0.2, 0.25) is 15.1 Å². The van der Waals surface area contributed by atoms with Crippen molar-refractivity contribution in [1.29, 1.82) is 0 Å². The summed E-state index contributed by atoms with van der Waals surface area (Å²) >= 11 is 17.7. The highest BCUT2D eigenvalue weighted by Gasteiger charge is 2.15. The van der Waals surface area contributed by atoms with Crippen LogP contribution < -0.4 is 5.73 Å². The molecule has 2 aromatic carbocycles. The second-order valence-corrected chi connectivity index (χ2v) is 5.87. The molecule has 6 heteroatoms. The molecule has 0 atom stereocenters. The van der Waals surface area contributed by atoms with Gasteiger partial charge in [0.2, 0.25) is 0 Å². The number of nitrogens with two attached hydrogens (primary N) is 1. The van der Waals surface area contributed by atoms with Crippen molar-refractivity contribution >= 4 is 46.4 Å².